The Kier molecular flexibility index (Phi) is 6.32. The number of rotatable bonds is 6. The van der Waals surface area contributed by atoms with Gasteiger partial charge >= 0.3 is 0 Å². The Morgan fingerprint density at radius 2 is 1.96 bits per heavy atom. The second-order valence-corrected chi connectivity index (χ2v) is 7.19. The van der Waals surface area contributed by atoms with Crippen LogP contribution < -0.4 is 0 Å². The number of hydrogen-bond acceptors (Lipinski definition) is 5. The predicted molar refractivity (Wildman–Crippen MR) is 102 cm³/mol. The molecule has 0 aliphatic carbocycles. The van der Waals surface area contributed by atoms with Gasteiger partial charge in [-0.05, 0) is 31.6 Å². The van der Waals surface area contributed by atoms with Crippen molar-refractivity contribution in [1.82, 2.24) is 19.7 Å². The lowest BCUT2D eigenvalue weighted by molar-refractivity contribution is -0.143. The molecule has 140 valence electrons. The molecule has 1 aromatic heterocycles. The van der Waals surface area contributed by atoms with Crippen LogP contribution in [0.2, 0.25) is 0 Å². The number of nitrogens with zero attached hydrogens (tertiary/aromatic N) is 4. The van der Waals surface area contributed by atoms with Crippen LogP contribution in [0.1, 0.15) is 43.2 Å². The van der Waals surface area contributed by atoms with Crippen LogP contribution in [0, 0.1) is 0 Å². The molecule has 1 aliphatic heterocycles. The van der Waals surface area contributed by atoms with Gasteiger partial charge in [0, 0.05) is 32.7 Å². The van der Waals surface area contributed by atoms with Crippen molar-refractivity contribution in [3.05, 3.63) is 41.7 Å². The average molecular weight is 375 g/mol. The maximum Gasteiger partial charge on any atom is 0.256 e. The Morgan fingerprint density at radius 1 is 1.27 bits per heavy atom. The summed E-state index contributed by atoms with van der Waals surface area (Å²) in [5.74, 6) is 1.44. The largest absolute Gasteiger partial charge is 0.367 e. The molecular weight excluding hydrogens is 348 g/mol. The van der Waals surface area contributed by atoms with Gasteiger partial charge in [0.15, 0.2) is 11.3 Å². The molecule has 1 saturated heterocycles. The van der Waals surface area contributed by atoms with Crippen LogP contribution in [0.4, 0.5) is 0 Å². The number of hydrogen-bond donors (Lipinski definition) is 0. The number of thioether (sulfide) groups is 1. The number of amides is 1. The highest BCUT2D eigenvalue weighted by Crippen LogP contribution is 2.30. The zero-order valence-electron chi connectivity index (χ0n) is 15.6. The fraction of sp³-hybridized carbons (Fsp3) is 0.526. The van der Waals surface area contributed by atoms with Crippen LogP contribution in [0.3, 0.4) is 0 Å². The molecule has 1 fully saturated rings. The first-order chi connectivity index (χ1) is 12.7. The van der Waals surface area contributed by atoms with E-state index in [1.807, 2.05) is 41.5 Å². The van der Waals surface area contributed by atoms with Gasteiger partial charge in [0.05, 0.1) is 0 Å². The molecule has 0 N–H and O–H groups in total. The third kappa shape index (κ3) is 3.78. The Labute approximate surface area is 158 Å². The fourth-order valence-corrected chi connectivity index (χ4v) is 4.15. The van der Waals surface area contributed by atoms with E-state index in [4.69, 9.17) is 4.74 Å². The summed E-state index contributed by atoms with van der Waals surface area (Å²) in [4.78, 5) is 14.8. The summed E-state index contributed by atoms with van der Waals surface area (Å²) in [6.07, 6.45) is 3.30. The lowest BCUT2D eigenvalue weighted by Gasteiger charge is -2.33. The first-order valence-electron chi connectivity index (χ1n) is 9.03. The molecule has 0 saturated carbocycles. The summed E-state index contributed by atoms with van der Waals surface area (Å²) < 4.78 is 7.69. The Hall–Kier alpha value is -1.86. The van der Waals surface area contributed by atoms with Gasteiger partial charge < -0.3 is 14.2 Å². The van der Waals surface area contributed by atoms with Gasteiger partial charge in [-0.1, -0.05) is 42.1 Å². The first-order valence-corrected chi connectivity index (χ1v) is 10.3. The van der Waals surface area contributed by atoms with E-state index in [0.717, 1.165) is 49.0 Å². The number of ether oxygens (including phenoxy) is 1. The highest BCUT2D eigenvalue weighted by atomic mass is 32.2. The number of methoxy groups -OCH3 is 1. The second kappa shape index (κ2) is 8.68. The molecule has 0 spiro atoms. The van der Waals surface area contributed by atoms with E-state index in [1.165, 1.54) is 0 Å². The Morgan fingerprint density at radius 3 is 2.54 bits per heavy atom. The van der Waals surface area contributed by atoms with Crippen LogP contribution in [0.5, 0.6) is 0 Å². The quantitative estimate of drug-likeness (QED) is 0.727. The normalized spacial score (nSPS) is 16.7. The minimum atomic E-state index is -0.532. The Balaban J connectivity index is 1.66. The lowest BCUT2D eigenvalue weighted by Crippen LogP contribution is -2.41. The van der Waals surface area contributed by atoms with Crippen LogP contribution in [0.25, 0.3) is 0 Å². The zero-order valence-corrected chi connectivity index (χ0v) is 16.4. The van der Waals surface area contributed by atoms with Crippen molar-refractivity contribution in [2.45, 2.75) is 43.5 Å². The van der Waals surface area contributed by atoms with E-state index in [9.17, 15) is 4.79 Å². The molecule has 26 heavy (non-hydrogen) atoms. The van der Waals surface area contributed by atoms with E-state index in [2.05, 4.69) is 21.7 Å². The predicted octanol–water partition coefficient (Wildman–Crippen LogP) is 3.11. The van der Waals surface area contributed by atoms with Crippen LogP contribution in [-0.4, -0.2) is 52.0 Å². The molecule has 1 atom stereocenters. The summed E-state index contributed by atoms with van der Waals surface area (Å²) in [5.41, 5.74) is 0.900. The highest BCUT2D eigenvalue weighted by molar-refractivity contribution is 7.98. The topological polar surface area (TPSA) is 60.2 Å². The summed E-state index contributed by atoms with van der Waals surface area (Å²) in [6, 6.07) is 9.68. The number of aromatic nitrogens is 3. The molecule has 0 bridgehead atoms. The summed E-state index contributed by atoms with van der Waals surface area (Å²) in [6.45, 7) is 4.44. The van der Waals surface area contributed by atoms with Crippen molar-refractivity contribution >= 4 is 17.7 Å². The minimum Gasteiger partial charge on any atom is -0.367 e. The van der Waals surface area contributed by atoms with Gasteiger partial charge in [0.1, 0.15) is 5.82 Å². The smallest absolute Gasteiger partial charge is 0.256 e. The van der Waals surface area contributed by atoms with Gasteiger partial charge in [-0.3, -0.25) is 4.79 Å². The monoisotopic (exact) mass is 374 g/mol. The van der Waals surface area contributed by atoms with Gasteiger partial charge in [-0.2, -0.15) is 0 Å². The summed E-state index contributed by atoms with van der Waals surface area (Å²) in [7, 11) is 1.59. The molecule has 7 heteroatoms. The second-order valence-electron chi connectivity index (χ2n) is 6.42. The van der Waals surface area contributed by atoms with Crippen molar-refractivity contribution < 1.29 is 9.53 Å². The number of piperidine rings is 1. The summed E-state index contributed by atoms with van der Waals surface area (Å²) >= 11 is 1.62. The SMILES string of the molecule is CCn1c(SC)nnc1C1CCN(C(=O)C(OC)c2ccccc2)CC1. The van der Waals surface area contributed by atoms with Gasteiger partial charge in [-0.15, -0.1) is 10.2 Å². The van der Waals surface area contributed by atoms with Crippen LogP contribution in [0.15, 0.2) is 35.5 Å². The standard InChI is InChI=1S/C19H26N4O2S/c1-4-23-17(20-21-19(23)26-3)15-10-12-22(13-11-15)18(24)16(25-2)14-8-6-5-7-9-14/h5-9,15-16H,4,10-13H2,1-3H3. The molecular formula is C19H26N4O2S. The third-order valence-electron chi connectivity index (χ3n) is 4.98. The molecule has 0 radical (unpaired) electrons. The van der Waals surface area contributed by atoms with E-state index in [1.54, 1.807) is 18.9 Å². The highest BCUT2D eigenvalue weighted by Gasteiger charge is 2.31. The third-order valence-corrected chi connectivity index (χ3v) is 5.65. The lowest BCUT2D eigenvalue weighted by atomic mass is 9.95. The van der Waals surface area contributed by atoms with Crippen molar-refractivity contribution in [2.24, 2.45) is 0 Å². The van der Waals surface area contributed by atoms with Crippen LogP contribution >= 0.6 is 11.8 Å². The van der Waals surface area contributed by atoms with Crippen molar-refractivity contribution in [3.8, 4) is 0 Å². The molecule has 2 aromatic rings. The summed E-state index contributed by atoms with van der Waals surface area (Å²) in [5, 5.41) is 9.67. The zero-order chi connectivity index (χ0) is 18.5. The molecule has 3 rings (SSSR count). The van der Waals surface area contributed by atoms with Crippen molar-refractivity contribution in [2.75, 3.05) is 26.5 Å². The van der Waals surface area contributed by atoms with E-state index < -0.39 is 6.10 Å². The number of benzene rings is 1. The molecule has 1 unspecified atom stereocenters. The minimum absolute atomic E-state index is 0.0407. The maximum absolute atomic E-state index is 12.9. The van der Waals surface area contributed by atoms with Gasteiger partial charge in [0.25, 0.3) is 5.91 Å². The molecule has 2 heterocycles. The number of carbonyl (C=O) groups is 1. The molecule has 1 aliphatic rings. The van der Waals surface area contributed by atoms with Crippen LogP contribution in [-0.2, 0) is 16.1 Å². The van der Waals surface area contributed by atoms with E-state index >= 15 is 0 Å². The number of carbonyl (C=O) groups excluding carboxylic acids is 1. The fourth-order valence-electron chi connectivity index (χ4n) is 3.58. The molecule has 1 aromatic carbocycles. The van der Waals surface area contributed by atoms with E-state index in [-0.39, 0.29) is 5.91 Å². The Bertz CT molecular complexity index is 726. The van der Waals surface area contributed by atoms with Crippen molar-refractivity contribution in [1.29, 1.82) is 0 Å². The van der Waals surface area contributed by atoms with Gasteiger partial charge in [-0.25, -0.2) is 0 Å². The van der Waals surface area contributed by atoms with Gasteiger partial charge in [0.2, 0.25) is 0 Å². The van der Waals surface area contributed by atoms with E-state index in [0.29, 0.717) is 5.92 Å². The number of likely N-dealkylation sites (tertiary alicyclic amines) is 1. The maximum atomic E-state index is 12.9. The molecule has 6 nitrogen and oxygen atoms in total. The average Bonchev–Trinajstić information content (AvgIpc) is 3.12. The van der Waals surface area contributed by atoms with Crippen molar-refractivity contribution in [3.63, 3.8) is 0 Å². The first kappa shape index (κ1) is 18.9. The molecule has 1 amide bonds.